The zero-order chi connectivity index (χ0) is 16.9. The molecule has 0 saturated heterocycles. The highest BCUT2D eigenvalue weighted by Gasteiger charge is 2.11. The highest BCUT2D eigenvalue weighted by atomic mass is 35.5. The van der Waals surface area contributed by atoms with Crippen LogP contribution < -0.4 is 15.4 Å². The van der Waals surface area contributed by atoms with E-state index in [0.717, 1.165) is 5.69 Å². The summed E-state index contributed by atoms with van der Waals surface area (Å²) >= 11 is 6.06. The van der Waals surface area contributed by atoms with Crippen molar-refractivity contribution in [2.75, 3.05) is 11.9 Å². The lowest BCUT2D eigenvalue weighted by molar-refractivity contribution is -0.115. The monoisotopic (exact) mass is 332 g/mol. The molecule has 5 heteroatoms. The van der Waals surface area contributed by atoms with Gasteiger partial charge in [-0.25, -0.2) is 0 Å². The normalized spacial score (nSPS) is 11.1. The first-order valence-electron chi connectivity index (χ1n) is 7.41. The average Bonchev–Trinajstić information content (AvgIpc) is 2.49. The lowest BCUT2D eigenvalue weighted by Gasteiger charge is -2.20. The van der Waals surface area contributed by atoms with Crippen LogP contribution in [0.15, 0.2) is 48.5 Å². The Hall–Kier alpha value is -2.04. The van der Waals surface area contributed by atoms with Crippen LogP contribution in [-0.4, -0.2) is 18.0 Å². The van der Waals surface area contributed by atoms with Gasteiger partial charge in [0.15, 0.2) is 0 Å². The summed E-state index contributed by atoms with van der Waals surface area (Å²) in [6.45, 7) is 6.31. The summed E-state index contributed by atoms with van der Waals surface area (Å²) in [5.41, 5.74) is 0.626. The Balaban J connectivity index is 1.92. The molecule has 0 fully saturated rings. The first-order chi connectivity index (χ1) is 10.8. The molecule has 0 spiro atoms. The Morgan fingerprint density at radius 1 is 1.09 bits per heavy atom. The van der Waals surface area contributed by atoms with Crippen molar-refractivity contribution < 1.29 is 9.53 Å². The predicted molar refractivity (Wildman–Crippen MR) is 94.4 cm³/mol. The van der Waals surface area contributed by atoms with Gasteiger partial charge in [-0.05, 0) is 57.2 Å². The molecule has 122 valence electrons. The number of nitrogens with one attached hydrogen (secondary N) is 2. The second-order valence-electron chi connectivity index (χ2n) is 6.21. The second kappa shape index (κ2) is 7.49. The molecule has 0 heterocycles. The molecule has 0 saturated carbocycles. The minimum atomic E-state index is -0.0933. The van der Waals surface area contributed by atoms with Gasteiger partial charge in [-0.2, -0.15) is 0 Å². The lowest BCUT2D eigenvalue weighted by Crippen LogP contribution is -2.41. The molecule has 1 amide bonds. The topological polar surface area (TPSA) is 50.4 Å². The summed E-state index contributed by atoms with van der Waals surface area (Å²) < 4.78 is 5.70. The van der Waals surface area contributed by atoms with E-state index in [1.807, 2.05) is 32.9 Å². The number of carbonyl (C=O) groups is 1. The van der Waals surface area contributed by atoms with Crippen molar-refractivity contribution >= 4 is 23.2 Å². The van der Waals surface area contributed by atoms with E-state index in [1.54, 1.807) is 36.4 Å². The van der Waals surface area contributed by atoms with Crippen molar-refractivity contribution in [3.05, 3.63) is 53.6 Å². The number of amides is 1. The summed E-state index contributed by atoms with van der Waals surface area (Å²) in [4.78, 5) is 11.9. The van der Waals surface area contributed by atoms with E-state index < -0.39 is 0 Å². The molecule has 0 atom stereocenters. The van der Waals surface area contributed by atoms with E-state index in [2.05, 4.69) is 10.6 Å². The number of benzene rings is 2. The molecule has 0 unspecified atom stereocenters. The fourth-order valence-electron chi connectivity index (χ4n) is 1.81. The number of halogens is 1. The molecule has 2 rings (SSSR count). The van der Waals surface area contributed by atoms with Crippen LogP contribution in [0.1, 0.15) is 20.8 Å². The molecule has 2 aromatic carbocycles. The smallest absolute Gasteiger partial charge is 0.238 e. The third-order valence-electron chi connectivity index (χ3n) is 2.98. The molecular weight excluding hydrogens is 312 g/mol. The Labute approximate surface area is 141 Å². The zero-order valence-electron chi connectivity index (χ0n) is 13.5. The van der Waals surface area contributed by atoms with Crippen LogP contribution in [0.3, 0.4) is 0 Å². The minimum absolute atomic E-state index is 0.0836. The predicted octanol–water partition coefficient (Wildman–Crippen LogP) is 4.46. The van der Waals surface area contributed by atoms with Crippen molar-refractivity contribution in [1.29, 1.82) is 0 Å². The quantitative estimate of drug-likeness (QED) is 0.850. The maximum Gasteiger partial charge on any atom is 0.238 e. The third-order valence-corrected chi connectivity index (χ3v) is 3.29. The summed E-state index contributed by atoms with van der Waals surface area (Å²) in [6.07, 6.45) is 0. The van der Waals surface area contributed by atoms with Crippen molar-refractivity contribution in [3.63, 3.8) is 0 Å². The minimum Gasteiger partial charge on any atom is -0.456 e. The number of ether oxygens (including phenoxy) is 1. The SMILES string of the molecule is CC(C)(C)NCC(=O)Nc1ccc(Oc2ccccc2Cl)cc1. The molecule has 0 aromatic heterocycles. The fraction of sp³-hybridized carbons (Fsp3) is 0.278. The summed E-state index contributed by atoms with van der Waals surface area (Å²) in [6, 6.07) is 14.4. The molecular formula is C18H21ClN2O2. The molecule has 0 aliphatic rings. The highest BCUT2D eigenvalue weighted by Crippen LogP contribution is 2.29. The first kappa shape index (κ1) is 17.3. The third kappa shape index (κ3) is 5.93. The van der Waals surface area contributed by atoms with E-state index >= 15 is 0 Å². The van der Waals surface area contributed by atoms with Crippen LogP contribution in [0.4, 0.5) is 5.69 Å². The van der Waals surface area contributed by atoms with Gasteiger partial charge in [-0.3, -0.25) is 4.79 Å². The van der Waals surface area contributed by atoms with Crippen molar-refractivity contribution in [2.24, 2.45) is 0 Å². The largest absolute Gasteiger partial charge is 0.456 e. The van der Waals surface area contributed by atoms with Gasteiger partial charge in [0, 0.05) is 11.2 Å². The van der Waals surface area contributed by atoms with E-state index in [-0.39, 0.29) is 18.0 Å². The van der Waals surface area contributed by atoms with Gasteiger partial charge in [0.1, 0.15) is 11.5 Å². The van der Waals surface area contributed by atoms with Crippen LogP contribution >= 0.6 is 11.6 Å². The van der Waals surface area contributed by atoms with Gasteiger partial charge < -0.3 is 15.4 Å². The zero-order valence-corrected chi connectivity index (χ0v) is 14.3. The molecule has 0 radical (unpaired) electrons. The van der Waals surface area contributed by atoms with Crippen LogP contribution in [0.2, 0.25) is 5.02 Å². The molecule has 23 heavy (non-hydrogen) atoms. The Bertz CT molecular complexity index is 663. The van der Waals surface area contributed by atoms with Crippen molar-refractivity contribution in [2.45, 2.75) is 26.3 Å². The van der Waals surface area contributed by atoms with Crippen LogP contribution in [-0.2, 0) is 4.79 Å². The number of hydrogen-bond acceptors (Lipinski definition) is 3. The van der Waals surface area contributed by atoms with Gasteiger partial charge in [0.05, 0.1) is 11.6 Å². The Morgan fingerprint density at radius 3 is 2.35 bits per heavy atom. The number of hydrogen-bond donors (Lipinski definition) is 2. The Morgan fingerprint density at radius 2 is 1.74 bits per heavy atom. The number of carbonyl (C=O) groups excluding carboxylic acids is 1. The van der Waals surface area contributed by atoms with E-state index in [0.29, 0.717) is 16.5 Å². The molecule has 0 bridgehead atoms. The molecule has 2 N–H and O–H groups in total. The van der Waals surface area contributed by atoms with Crippen molar-refractivity contribution in [1.82, 2.24) is 5.32 Å². The van der Waals surface area contributed by atoms with Gasteiger partial charge in [-0.1, -0.05) is 23.7 Å². The molecule has 0 aliphatic heterocycles. The molecule has 4 nitrogen and oxygen atoms in total. The van der Waals surface area contributed by atoms with Crippen LogP contribution in [0.25, 0.3) is 0 Å². The lowest BCUT2D eigenvalue weighted by atomic mass is 10.1. The van der Waals surface area contributed by atoms with Crippen molar-refractivity contribution in [3.8, 4) is 11.5 Å². The first-order valence-corrected chi connectivity index (χ1v) is 7.79. The van der Waals surface area contributed by atoms with Gasteiger partial charge in [-0.15, -0.1) is 0 Å². The summed E-state index contributed by atoms with van der Waals surface area (Å²) in [5.74, 6) is 1.17. The Kier molecular flexibility index (Phi) is 5.64. The van der Waals surface area contributed by atoms with E-state index in [4.69, 9.17) is 16.3 Å². The molecule has 0 aliphatic carbocycles. The number of anilines is 1. The van der Waals surface area contributed by atoms with Crippen LogP contribution in [0.5, 0.6) is 11.5 Å². The maximum absolute atomic E-state index is 11.9. The van der Waals surface area contributed by atoms with Gasteiger partial charge >= 0.3 is 0 Å². The fourth-order valence-corrected chi connectivity index (χ4v) is 1.99. The highest BCUT2D eigenvalue weighted by molar-refractivity contribution is 6.32. The molecule has 2 aromatic rings. The summed E-state index contributed by atoms with van der Waals surface area (Å²) in [7, 11) is 0. The number of para-hydroxylation sites is 1. The van der Waals surface area contributed by atoms with Crippen LogP contribution in [0, 0.1) is 0 Å². The second-order valence-corrected chi connectivity index (χ2v) is 6.62. The van der Waals surface area contributed by atoms with E-state index in [1.165, 1.54) is 0 Å². The van der Waals surface area contributed by atoms with E-state index in [9.17, 15) is 4.79 Å². The van der Waals surface area contributed by atoms with Gasteiger partial charge in [0.2, 0.25) is 5.91 Å². The average molecular weight is 333 g/mol. The summed E-state index contributed by atoms with van der Waals surface area (Å²) in [5, 5.41) is 6.53. The standard InChI is InChI=1S/C18H21ClN2O2/c1-18(2,3)20-12-17(22)21-13-8-10-14(11-9-13)23-16-7-5-4-6-15(16)19/h4-11,20H,12H2,1-3H3,(H,21,22). The number of rotatable bonds is 5. The maximum atomic E-state index is 11.9. The van der Waals surface area contributed by atoms with Gasteiger partial charge in [0.25, 0.3) is 0 Å².